The molecule has 154 valence electrons. The zero-order valence-electron chi connectivity index (χ0n) is 16.6. The highest BCUT2D eigenvalue weighted by Gasteiger charge is 2.25. The number of amides is 2. The lowest BCUT2D eigenvalue weighted by atomic mass is 9.99. The molecule has 2 aliphatic heterocycles. The second kappa shape index (κ2) is 8.25. The Labute approximate surface area is 189 Å². The highest BCUT2D eigenvalue weighted by atomic mass is 35.5. The highest BCUT2D eigenvalue weighted by molar-refractivity contribution is 8.04. The summed E-state index contributed by atoms with van der Waals surface area (Å²) in [4.78, 5) is 29.1. The van der Waals surface area contributed by atoms with Crippen LogP contribution in [0.25, 0.3) is 6.08 Å². The molecule has 6 heteroatoms. The Morgan fingerprint density at radius 1 is 1.03 bits per heavy atom. The molecule has 0 spiro atoms. The van der Waals surface area contributed by atoms with Crippen LogP contribution in [-0.2, 0) is 17.8 Å². The largest absolute Gasteiger partial charge is 0.334 e. The predicted octanol–water partition coefficient (Wildman–Crippen LogP) is 5.62. The first-order valence-electron chi connectivity index (χ1n) is 10.0. The van der Waals surface area contributed by atoms with Crippen molar-refractivity contribution in [3.63, 3.8) is 0 Å². The first-order chi connectivity index (χ1) is 15.1. The number of hydrogen-bond acceptors (Lipinski definition) is 3. The van der Waals surface area contributed by atoms with Gasteiger partial charge in [-0.05, 0) is 53.5 Å². The molecule has 0 unspecified atom stereocenters. The molecule has 0 saturated carbocycles. The normalized spacial score (nSPS) is 16.5. The Kier molecular flexibility index (Phi) is 5.30. The molecule has 4 nitrogen and oxygen atoms in total. The first-order valence-corrected chi connectivity index (χ1v) is 11.2. The third-order valence-corrected chi connectivity index (χ3v) is 6.97. The van der Waals surface area contributed by atoms with Crippen molar-refractivity contribution in [2.75, 3.05) is 11.9 Å². The number of nitrogens with one attached hydrogen (secondary N) is 1. The van der Waals surface area contributed by atoms with Crippen LogP contribution in [0.5, 0.6) is 0 Å². The van der Waals surface area contributed by atoms with Crippen LogP contribution in [-0.4, -0.2) is 23.3 Å². The van der Waals surface area contributed by atoms with Crippen molar-refractivity contribution in [3.05, 3.63) is 98.9 Å². The lowest BCUT2D eigenvalue weighted by molar-refractivity contribution is -0.112. The van der Waals surface area contributed by atoms with Gasteiger partial charge in [0.1, 0.15) is 0 Å². The summed E-state index contributed by atoms with van der Waals surface area (Å²) in [5.74, 6) is -0.220. The molecule has 2 amide bonds. The lowest BCUT2D eigenvalue weighted by Gasteiger charge is -2.29. The van der Waals surface area contributed by atoms with E-state index in [9.17, 15) is 9.59 Å². The van der Waals surface area contributed by atoms with E-state index < -0.39 is 0 Å². The van der Waals surface area contributed by atoms with Crippen LogP contribution >= 0.6 is 23.4 Å². The average molecular weight is 447 g/mol. The summed E-state index contributed by atoms with van der Waals surface area (Å²) in [5.41, 5.74) is 4.53. The van der Waals surface area contributed by atoms with Gasteiger partial charge in [-0.3, -0.25) is 9.59 Å². The summed E-state index contributed by atoms with van der Waals surface area (Å²) in [6, 6.07) is 21.1. The highest BCUT2D eigenvalue weighted by Crippen LogP contribution is 2.40. The van der Waals surface area contributed by atoms with Crippen molar-refractivity contribution in [1.82, 2.24) is 4.90 Å². The average Bonchev–Trinajstić information content (AvgIpc) is 2.80. The van der Waals surface area contributed by atoms with Crippen molar-refractivity contribution in [2.24, 2.45) is 0 Å². The number of halogens is 1. The number of anilines is 1. The van der Waals surface area contributed by atoms with E-state index in [0.717, 1.165) is 16.9 Å². The van der Waals surface area contributed by atoms with Gasteiger partial charge in [-0.2, -0.15) is 0 Å². The van der Waals surface area contributed by atoms with Gasteiger partial charge in [0, 0.05) is 28.6 Å². The standard InChI is InChI=1S/C25H19ClN2O2S/c26-20-8-4-3-6-17(20)14-23-24(29)27-21-13-18(9-10-22(21)31-23)25(30)28-12-11-16-5-1-2-7-19(16)15-28/h1-10,13-14H,11-12,15H2,(H,27,29)/b23-14-. The molecule has 3 aromatic carbocycles. The summed E-state index contributed by atoms with van der Waals surface area (Å²) >= 11 is 7.61. The van der Waals surface area contributed by atoms with Crippen molar-refractivity contribution in [1.29, 1.82) is 0 Å². The molecule has 2 aliphatic rings. The fourth-order valence-corrected chi connectivity index (χ4v) is 4.99. The molecule has 0 fully saturated rings. The van der Waals surface area contributed by atoms with Crippen LogP contribution in [0.3, 0.4) is 0 Å². The quantitative estimate of drug-likeness (QED) is 0.519. The maximum atomic E-state index is 13.1. The van der Waals surface area contributed by atoms with Crippen LogP contribution in [0.2, 0.25) is 5.02 Å². The van der Waals surface area contributed by atoms with E-state index in [1.807, 2.05) is 47.4 Å². The van der Waals surface area contributed by atoms with E-state index in [1.54, 1.807) is 18.2 Å². The van der Waals surface area contributed by atoms with E-state index in [-0.39, 0.29) is 11.8 Å². The van der Waals surface area contributed by atoms with Crippen molar-refractivity contribution in [3.8, 4) is 0 Å². The van der Waals surface area contributed by atoms with E-state index in [0.29, 0.717) is 34.3 Å². The van der Waals surface area contributed by atoms with E-state index in [2.05, 4.69) is 17.4 Å². The van der Waals surface area contributed by atoms with Crippen molar-refractivity contribution in [2.45, 2.75) is 17.9 Å². The first kappa shape index (κ1) is 19.9. The van der Waals surface area contributed by atoms with Gasteiger partial charge in [-0.15, -0.1) is 0 Å². The van der Waals surface area contributed by atoms with Crippen LogP contribution in [0, 0.1) is 0 Å². The number of carbonyl (C=O) groups excluding carboxylic acids is 2. The van der Waals surface area contributed by atoms with Crippen LogP contribution in [0.15, 0.2) is 76.5 Å². The third-order valence-electron chi connectivity index (χ3n) is 5.53. The second-order valence-electron chi connectivity index (χ2n) is 7.54. The summed E-state index contributed by atoms with van der Waals surface area (Å²) in [6.45, 7) is 1.30. The minimum atomic E-state index is -0.200. The maximum absolute atomic E-state index is 13.1. The lowest BCUT2D eigenvalue weighted by Crippen LogP contribution is -2.36. The zero-order valence-corrected chi connectivity index (χ0v) is 18.2. The van der Waals surface area contributed by atoms with Crippen LogP contribution in [0.1, 0.15) is 27.0 Å². The smallest absolute Gasteiger partial charge is 0.262 e. The minimum absolute atomic E-state index is 0.0195. The molecule has 0 atom stereocenters. The van der Waals surface area contributed by atoms with E-state index >= 15 is 0 Å². The molecule has 0 bridgehead atoms. The molecular weight excluding hydrogens is 428 g/mol. The van der Waals surface area contributed by atoms with E-state index in [4.69, 9.17) is 11.6 Å². The molecule has 0 saturated heterocycles. The third kappa shape index (κ3) is 3.99. The maximum Gasteiger partial charge on any atom is 0.262 e. The minimum Gasteiger partial charge on any atom is -0.334 e. The molecule has 0 aromatic heterocycles. The van der Waals surface area contributed by atoms with Crippen LogP contribution < -0.4 is 5.32 Å². The molecule has 31 heavy (non-hydrogen) atoms. The van der Waals surface area contributed by atoms with Gasteiger partial charge in [0.05, 0.1) is 10.6 Å². The van der Waals surface area contributed by atoms with Crippen LogP contribution in [0.4, 0.5) is 5.69 Å². The SMILES string of the molecule is O=C1Nc2cc(C(=O)N3CCc4ccccc4C3)ccc2S/C1=C\c1ccccc1Cl. The Bertz CT molecular complexity index is 1240. The number of fused-ring (bicyclic) bond motifs is 2. The van der Waals surface area contributed by atoms with E-state index in [1.165, 1.54) is 22.9 Å². The fraction of sp³-hybridized carbons (Fsp3) is 0.120. The summed E-state index contributed by atoms with van der Waals surface area (Å²) < 4.78 is 0. The van der Waals surface area contributed by atoms with Gasteiger partial charge in [0.2, 0.25) is 0 Å². The summed E-state index contributed by atoms with van der Waals surface area (Å²) in [7, 11) is 0. The molecule has 0 aliphatic carbocycles. The number of carbonyl (C=O) groups is 2. The number of hydrogen-bond donors (Lipinski definition) is 1. The topological polar surface area (TPSA) is 49.4 Å². The van der Waals surface area contributed by atoms with Gasteiger partial charge < -0.3 is 10.2 Å². The molecule has 0 radical (unpaired) electrons. The fourth-order valence-electron chi connectivity index (χ4n) is 3.88. The van der Waals surface area contributed by atoms with Crippen molar-refractivity contribution < 1.29 is 9.59 Å². The number of thioether (sulfide) groups is 1. The van der Waals surface area contributed by atoms with Gasteiger partial charge in [-0.25, -0.2) is 0 Å². The van der Waals surface area contributed by atoms with Gasteiger partial charge in [-0.1, -0.05) is 65.8 Å². The Morgan fingerprint density at radius 3 is 2.65 bits per heavy atom. The van der Waals surface area contributed by atoms with Gasteiger partial charge >= 0.3 is 0 Å². The summed E-state index contributed by atoms with van der Waals surface area (Å²) in [5, 5.41) is 3.52. The van der Waals surface area contributed by atoms with Gasteiger partial charge in [0.25, 0.3) is 11.8 Å². The number of rotatable bonds is 2. The molecule has 3 aromatic rings. The number of benzene rings is 3. The van der Waals surface area contributed by atoms with Crippen molar-refractivity contribution >= 4 is 46.9 Å². The molecular formula is C25H19ClN2O2S. The molecule has 2 heterocycles. The molecule has 5 rings (SSSR count). The molecule has 1 N–H and O–H groups in total. The van der Waals surface area contributed by atoms with Gasteiger partial charge in [0.15, 0.2) is 0 Å². The Hall–Kier alpha value is -3.02. The monoisotopic (exact) mass is 446 g/mol. The number of nitrogens with zero attached hydrogens (tertiary/aromatic N) is 1. The Balaban J connectivity index is 1.37. The Morgan fingerprint density at radius 2 is 1.81 bits per heavy atom. The second-order valence-corrected chi connectivity index (χ2v) is 9.03. The zero-order chi connectivity index (χ0) is 21.4. The summed E-state index contributed by atoms with van der Waals surface area (Å²) in [6.07, 6.45) is 2.64. The predicted molar refractivity (Wildman–Crippen MR) is 125 cm³/mol.